The smallest absolute Gasteiger partial charge is 0.278 e. The Kier molecular flexibility index (Phi) is 3.32. The van der Waals surface area contributed by atoms with Crippen molar-refractivity contribution in [1.29, 1.82) is 0 Å². The minimum absolute atomic E-state index is 0.165. The number of thiazole rings is 1. The summed E-state index contributed by atoms with van der Waals surface area (Å²) in [5.41, 5.74) is 8.75. The molecule has 0 amide bonds. The second-order valence-corrected chi connectivity index (χ2v) is 7.09. The van der Waals surface area contributed by atoms with Crippen LogP contribution < -0.4 is 10.7 Å². The van der Waals surface area contributed by atoms with Crippen LogP contribution in [0.3, 0.4) is 0 Å². The molecule has 0 radical (unpaired) electrons. The van der Waals surface area contributed by atoms with E-state index in [-0.39, 0.29) is 5.41 Å². The fourth-order valence-electron chi connectivity index (χ4n) is 3.01. The summed E-state index contributed by atoms with van der Waals surface area (Å²) < 4.78 is 1.29. The van der Waals surface area contributed by atoms with Crippen molar-refractivity contribution in [3.8, 4) is 0 Å². The van der Waals surface area contributed by atoms with Gasteiger partial charge in [-0.05, 0) is 53.1 Å². The average Bonchev–Trinajstić information content (AvgIpc) is 2.99. The molecular formula is C14H16IN2S+. The van der Waals surface area contributed by atoms with E-state index in [9.17, 15) is 0 Å². The van der Waals surface area contributed by atoms with Gasteiger partial charge in [-0.25, -0.2) is 4.98 Å². The largest absolute Gasteiger partial charge is 0.329 e. The van der Waals surface area contributed by atoms with Gasteiger partial charge in [-0.1, -0.05) is 36.3 Å². The summed E-state index contributed by atoms with van der Waals surface area (Å²) in [4.78, 5) is 3.37. The van der Waals surface area contributed by atoms with Crippen LogP contribution in [0, 0.1) is 3.57 Å². The van der Waals surface area contributed by atoms with Crippen molar-refractivity contribution in [2.45, 2.75) is 31.1 Å². The van der Waals surface area contributed by atoms with E-state index in [0.29, 0.717) is 0 Å². The number of nitrogens with one attached hydrogen (secondary N) is 1. The topological polar surface area (TPSA) is 40.2 Å². The van der Waals surface area contributed by atoms with Crippen molar-refractivity contribution < 1.29 is 4.98 Å². The van der Waals surface area contributed by atoms with Gasteiger partial charge in [0.05, 0.1) is 5.41 Å². The van der Waals surface area contributed by atoms with Crippen molar-refractivity contribution in [3.05, 3.63) is 44.5 Å². The number of hydrogen-bond acceptors (Lipinski definition) is 2. The number of hydrogen-bond donors (Lipinski definition) is 1. The van der Waals surface area contributed by atoms with E-state index < -0.39 is 0 Å². The first-order valence-electron chi connectivity index (χ1n) is 6.23. The molecule has 0 unspecified atom stereocenters. The van der Waals surface area contributed by atoms with Gasteiger partial charge >= 0.3 is 5.13 Å². The van der Waals surface area contributed by atoms with E-state index in [1.165, 1.54) is 40.5 Å². The highest BCUT2D eigenvalue weighted by Crippen LogP contribution is 2.45. The Morgan fingerprint density at radius 1 is 1.17 bits per heavy atom. The second kappa shape index (κ2) is 4.81. The summed E-state index contributed by atoms with van der Waals surface area (Å²) in [6.07, 6.45) is 5.05. The Labute approximate surface area is 125 Å². The number of nitrogen functional groups attached to an aromatic ring is 1. The third kappa shape index (κ3) is 2.05. The van der Waals surface area contributed by atoms with Gasteiger partial charge in [-0.2, -0.15) is 0 Å². The van der Waals surface area contributed by atoms with E-state index in [1.807, 2.05) is 0 Å². The van der Waals surface area contributed by atoms with Crippen LogP contribution in [0.4, 0.5) is 5.13 Å². The molecule has 0 bridgehead atoms. The van der Waals surface area contributed by atoms with Crippen LogP contribution in [0.5, 0.6) is 0 Å². The van der Waals surface area contributed by atoms with Gasteiger partial charge in [-0.3, -0.25) is 5.73 Å². The zero-order chi connectivity index (χ0) is 12.6. The second-order valence-electron chi connectivity index (χ2n) is 4.93. The quantitative estimate of drug-likeness (QED) is 0.805. The molecule has 1 saturated carbocycles. The lowest BCUT2D eigenvalue weighted by molar-refractivity contribution is -0.373. The molecule has 1 aromatic heterocycles. The summed E-state index contributed by atoms with van der Waals surface area (Å²) in [5, 5.41) is 3.00. The van der Waals surface area contributed by atoms with Crippen LogP contribution in [-0.2, 0) is 5.41 Å². The zero-order valence-electron chi connectivity index (χ0n) is 10.1. The van der Waals surface area contributed by atoms with Crippen molar-refractivity contribution >= 4 is 39.1 Å². The number of benzene rings is 1. The van der Waals surface area contributed by atoms with Gasteiger partial charge in [0.2, 0.25) is 0 Å². The number of rotatable bonds is 2. The highest BCUT2D eigenvalue weighted by atomic mass is 127. The number of H-pyrrole nitrogens is 1. The molecule has 1 aliphatic carbocycles. The molecule has 3 rings (SSSR count). The van der Waals surface area contributed by atoms with Crippen LogP contribution >= 0.6 is 33.9 Å². The number of halogens is 1. The lowest BCUT2D eigenvalue weighted by Gasteiger charge is -2.26. The lowest BCUT2D eigenvalue weighted by atomic mass is 9.76. The lowest BCUT2D eigenvalue weighted by Crippen LogP contribution is -2.30. The fourth-order valence-corrected chi connectivity index (χ4v) is 4.07. The summed E-state index contributed by atoms with van der Waals surface area (Å²) in [5.74, 6) is 0. The van der Waals surface area contributed by atoms with Gasteiger partial charge in [-0.15, -0.1) is 0 Å². The van der Waals surface area contributed by atoms with E-state index >= 15 is 0 Å². The molecule has 4 heteroatoms. The average molecular weight is 371 g/mol. The van der Waals surface area contributed by atoms with Crippen LogP contribution in [0.1, 0.15) is 36.9 Å². The zero-order valence-corrected chi connectivity index (χ0v) is 13.1. The maximum Gasteiger partial charge on any atom is 0.329 e. The van der Waals surface area contributed by atoms with Crippen molar-refractivity contribution in [2.24, 2.45) is 0 Å². The van der Waals surface area contributed by atoms with Crippen molar-refractivity contribution in [3.63, 3.8) is 0 Å². The minimum atomic E-state index is 0.165. The summed E-state index contributed by atoms with van der Waals surface area (Å²) >= 11 is 3.97. The van der Waals surface area contributed by atoms with Gasteiger partial charge in [0.1, 0.15) is 5.69 Å². The summed E-state index contributed by atoms with van der Waals surface area (Å²) in [6.45, 7) is 0. The predicted octanol–water partition coefficient (Wildman–Crippen LogP) is 3.61. The van der Waals surface area contributed by atoms with Gasteiger partial charge in [0, 0.05) is 8.95 Å². The molecule has 0 spiro atoms. The monoisotopic (exact) mass is 371 g/mol. The molecule has 1 aliphatic rings. The van der Waals surface area contributed by atoms with Crippen LogP contribution in [-0.4, -0.2) is 0 Å². The predicted molar refractivity (Wildman–Crippen MR) is 83.7 cm³/mol. The normalized spacial score (nSPS) is 18.1. The number of nitrogens with two attached hydrogens (primary N) is 1. The van der Waals surface area contributed by atoms with E-state index in [0.717, 1.165) is 5.13 Å². The minimum Gasteiger partial charge on any atom is -0.278 e. The molecule has 3 N–H and O–H groups in total. The van der Waals surface area contributed by atoms with E-state index in [4.69, 9.17) is 5.73 Å². The van der Waals surface area contributed by atoms with Crippen molar-refractivity contribution in [2.75, 3.05) is 5.73 Å². The first-order chi connectivity index (χ1) is 8.71. The Morgan fingerprint density at radius 2 is 1.83 bits per heavy atom. The molecule has 0 atom stereocenters. The summed E-state index contributed by atoms with van der Waals surface area (Å²) in [7, 11) is 0. The molecule has 1 fully saturated rings. The van der Waals surface area contributed by atoms with Gasteiger partial charge in [0.15, 0.2) is 0 Å². The van der Waals surface area contributed by atoms with Gasteiger partial charge < -0.3 is 0 Å². The summed E-state index contributed by atoms with van der Waals surface area (Å²) in [6, 6.07) is 8.95. The fraction of sp³-hybridized carbons (Fsp3) is 0.357. The Morgan fingerprint density at radius 3 is 2.39 bits per heavy atom. The molecule has 94 valence electrons. The number of aromatic nitrogens is 1. The molecule has 0 saturated heterocycles. The van der Waals surface area contributed by atoms with Gasteiger partial charge in [0.25, 0.3) is 0 Å². The molecule has 0 aliphatic heterocycles. The van der Waals surface area contributed by atoms with Crippen LogP contribution in [0.2, 0.25) is 0 Å². The van der Waals surface area contributed by atoms with E-state index in [1.54, 1.807) is 11.3 Å². The Bertz CT molecular complexity index is 541. The third-order valence-electron chi connectivity index (χ3n) is 3.93. The number of aromatic amines is 1. The van der Waals surface area contributed by atoms with E-state index in [2.05, 4.69) is 57.2 Å². The maximum atomic E-state index is 5.87. The molecule has 1 heterocycles. The molecule has 1 aromatic carbocycles. The number of anilines is 1. The molecule has 18 heavy (non-hydrogen) atoms. The van der Waals surface area contributed by atoms with Crippen LogP contribution in [0.25, 0.3) is 0 Å². The van der Waals surface area contributed by atoms with Crippen LogP contribution in [0.15, 0.2) is 29.6 Å². The Hall–Kier alpha value is -0.620. The molecule has 2 nitrogen and oxygen atoms in total. The standard InChI is InChI=1S/C14H15IN2S/c15-11-5-3-10(4-6-11)14(7-1-2-8-14)12-9-18-13(16)17-12/h3-6,9H,1-2,7-8H2,(H2,16,17)/p+1. The highest BCUT2D eigenvalue weighted by molar-refractivity contribution is 14.1. The Balaban J connectivity index is 2.09. The molecular weight excluding hydrogens is 355 g/mol. The first-order valence-corrected chi connectivity index (χ1v) is 8.19. The first kappa shape index (κ1) is 12.4. The third-order valence-corrected chi connectivity index (χ3v) is 5.36. The molecule has 2 aromatic rings. The highest BCUT2D eigenvalue weighted by Gasteiger charge is 2.40. The van der Waals surface area contributed by atoms with Crippen molar-refractivity contribution in [1.82, 2.24) is 0 Å². The SMILES string of the molecule is Nc1[nH+]c(C2(c3ccc(I)cc3)CCCC2)cs1. The maximum absolute atomic E-state index is 5.87.